The summed E-state index contributed by atoms with van der Waals surface area (Å²) in [6, 6.07) is 8.43. The highest BCUT2D eigenvalue weighted by atomic mass is 19.2. The van der Waals surface area contributed by atoms with Crippen molar-refractivity contribution < 1.29 is 27.6 Å². The van der Waals surface area contributed by atoms with Crippen LogP contribution in [0.5, 0.6) is 0 Å². The van der Waals surface area contributed by atoms with E-state index in [1.165, 1.54) is 12.2 Å². The van der Waals surface area contributed by atoms with Gasteiger partial charge in [-0.05, 0) is 48.7 Å². The molecule has 0 heterocycles. The van der Waals surface area contributed by atoms with E-state index in [9.17, 15) is 27.6 Å². The van der Waals surface area contributed by atoms with Gasteiger partial charge in [0.2, 0.25) is 11.8 Å². The summed E-state index contributed by atoms with van der Waals surface area (Å²) in [6.45, 7) is -0.498. The minimum absolute atomic E-state index is 0.144. The number of halogens is 3. The Hall–Kier alpha value is -3.62. The van der Waals surface area contributed by atoms with Crippen molar-refractivity contribution in [3.8, 4) is 0 Å². The first-order valence-corrected chi connectivity index (χ1v) is 9.13. The van der Waals surface area contributed by atoms with Crippen molar-refractivity contribution in [1.29, 1.82) is 0 Å². The molecule has 156 valence electrons. The number of carbonyl (C=O) groups excluding carboxylic acids is 3. The molecule has 3 N–H and O–H groups in total. The summed E-state index contributed by atoms with van der Waals surface area (Å²) < 4.78 is 39.5. The van der Waals surface area contributed by atoms with Crippen molar-refractivity contribution >= 4 is 29.5 Å². The van der Waals surface area contributed by atoms with E-state index < -0.39 is 41.5 Å². The second-order valence-electron chi connectivity index (χ2n) is 6.69. The summed E-state index contributed by atoms with van der Waals surface area (Å²) in [7, 11) is 0. The zero-order chi connectivity index (χ0) is 21.7. The lowest BCUT2D eigenvalue weighted by Crippen LogP contribution is -2.32. The van der Waals surface area contributed by atoms with E-state index >= 15 is 0 Å². The molecule has 1 aliphatic rings. The van der Waals surface area contributed by atoms with Crippen LogP contribution in [0, 0.1) is 17.5 Å². The van der Waals surface area contributed by atoms with Crippen LogP contribution in [0.1, 0.15) is 28.8 Å². The number of benzene rings is 2. The van der Waals surface area contributed by atoms with E-state index in [1.54, 1.807) is 24.3 Å². The van der Waals surface area contributed by atoms with Crippen molar-refractivity contribution in [2.75, 3.05) is 11.9 Å². The number of nitrogens with one attached hydrogen (secondary N) is 3. The summed E-state index contributed by atoms with van der Waals surface area (Å²) in [5.74, 6) is -6.14. The van der Waals surface area contributed by atoms with Crippen molar-refractivity contribution in [1.82, 2.24) is 10.6 Å². The number of amides is 3. The number of anilines is 1. The number of hydrogen-bond donors (Lipinski definition) is 3. The van der Waals surface area contributed by atoms with E-state index in [2.05, 4.69) is 10.6 Å². The fourth-order valence-electron chi connectivity index (χ4n) is 2.46. The van der Waals surface area contributed by atoms with Gasteiger partial charge >= 0.3 is 0 Å². The van der Waals surface area contributed by atoms with Gasteiger partial charge in [0, 0.05) is 17.7 Å². The summed E-state index contributed by atoms with van der Waals surface area (Å²) >= 11 is 0. The minimum Gasteiger partial charge on any atom is -0.349 e. The van der Waals surface area contributed by atoms with Gasteiger partial charge in [-0.1, -0.05) is 12.1 Å². The number of carbonyl (C=O) groups is 3. The van der Waals surface area contributed by atoms with E-state index in [0.717, 1.165) is 18.9 Å². The third kappa shape index (κ3) is 5.69. The highest BCUT2D eigenvalue weighted by molar-refractivity contribution is 5.98. The molecular weight excluding hydrogens is 399 g/mol. The molecule has 0 radical (unpaired) electrons. The van der Waals surface area contributed by atoms with Crippen LogP contribution in [0.15, 0.2) is 42.5 Å². The Morgan fingerprint density at radius 2 is 1.67 bits per heavy atom. The highest BCUT2D eigenvalue weighted by Crippen LogP contribution is 2.20. The third-order valence-electron chi connectivity index (χ3n) is 4.25. The molecule has 3 amide bonds. The van der Waals surface area contributed by atoms with Gasteiger partial charge in [0.25, 0.3) is 5.91 Å². The molecule has 0 aromatic heterocycles. The quantitative estimate of drug-likeness (QED) is 0.478. The summed E-state index contributed by atoms with van der Waals surface area (Å²) in [6.07, 6.45) is 4.67. The molecule has 2 aromatic carbocycles. The van der Waals surface area contributed by atoms with Gasteiger partial charge in [-0.2, -0.15) is 0 Å². The van der Waals surface area contributed by atoms with E-state index in [-0.39, 0.29) is 11.9 Å². The van der Waals surface area contributed by atoms with Gasteiger partial charge in [0.1, 0.15) is 0 Å². The molecular formula is C21H18F3N3O3. The van der Waals surface area contributed by atoms with Gasteiger partial charge in [-0.25, -0.2) is 13.2 Å². The van der Waals surface area contributed by atoms with Crippen LogP contribution >= 0.6 is 0 Å². The Morgan fingerprint density at radius 1 is 0.967 bits per heavy atom. The molecule has 6 nitrogen and oxygen atoms in total. The minimum atomic E-state index is -1.70. The largest absolute Gasteiger partial charge is 0.349 e. The lowest BCUT2D eigenvalue weighted by molar-refractivity contribution is -0.121. The lowest BCUT2D eigenvalue weighted by Gasteiger charge is -2.07. The second kappa shape index (κ2) is 9.25. The molecule has 0 aliphatic heterocycles. The molecule has 1 aliphatic carbocycles. The maximum atomic E-state index is 13.5. The number of hydrogen-bond acceptors (Lipinski definition) is 3. The molecule has 2 aromatic rings. The third-order valence-corrected chi connectivity index (χ3v) is 4.25. The maximum Gasteiger partial charge on any atom is 0.251 e. The zero-order valence-electron chi connectivity index (χ0n) is 15.7. The average Bonchev–Trinajstić information content (AvgIpc) is 3.55. The van der Waals surface area contributed by atoms with E-state index in [1.807, 2.05) is 5.32 Å². The van der Waals surface area contributed by atoms with Crippen LogP contribution in [0.25, 0.3) is 6.08 Å². The van der Waals surface area contributed by atoms with Crippen LogP contribution in [-0.2, 0) is 9.59 Å². The van der Waals surface area contributed by atoms with Gasteiger partial charge in [-0.3, -0.25) is 14.4 Å². The molecule has 3 rings (SSSR count). The van der Waals surface area contributed by atoms with Gasteiger partial charge in [-0.15, -0.1) is 0 Å². The average molecular weight is 417 g/mol. The monoisotopic (exact) mass is 417 g/mol. The Morgan fingerprint density at radius 3 is 2.33 bits per heavy atom. The van der Waals surface area contributed by atoms with Crippen molar-refractivity contribution in [3.63, 3.8) is 0 Å². The molecule has 0 saturated heterocycles. The molecule has 0 unspecified atom stereocenters. The molecule has 0 spiro atoms. The summed E-state index contributed by atoms with van der Waals surface area (Å²) in [5, 5.41) is 7.20. The van der Waals surface area contributed by atoms with Crippen molar-refractivity contribution in [3.05, 3.63) is 71.1 Å². The first kappa shape index (κ1) is 21.1. The molecule has 0 atom stereocenters. The summed E-state index contributed by atoms with van der Waals surface area (Å²) in [5.41, 5.74) is 0.653. The second-order valence-corrected chi connectivity index (χ2v) is 6.69. The lowest BCUT2D eigenvalue weighted by atomic mass is 10.1. The number of rotatable bonds is 7. The predicted octanol–water partition coefficient (Wildman–Crippen LogP) is 2.76. The van der Waals surface area contributed by atoms with Gasteiger partial charge in [0.15, 0.2) is 17.5 Å². The smallest absolute Gasteiger partial charge is 0.251 e. The molecule has 1 saturated carbocycles. The normalized spacial score (nSPS) is 13.2. The Balaban J connectivity index is 1.46. The van der Waals surface area contributed by atoms with E-state index in [4.69, 9.17) is 0 Å². The van der Waals surface area contributed by atoms with Crippen LogP contribution < -0.4 is 16.0 Å². The van der Waals surface area contributed by atoms with Crippen LogP contribution in [0.2, 0.25) is 0 Å². The topological polar surface area (TPSA) is 87.3 Å². The molecule has 1 fully saturated rings. The van der Waals surface area contributed by atoms with Crippen LogP contribution in [-0.4, -0.2) is 30.3 Å². The SMILES string of the molecule is O=C(/C=C/c1ccc(C(=O)NC2CC2)cc1)NCC(=O)Nc1ccc(F)c(F)c1F. The van der Waals surface area contributed by atoms with Crippen molar-refractivity contribution in [2.24, 2.45) is 0 Å². The fourth-order valence-corrected chi connectivity index (χ4v) is 2.46. The van der Waals surface area contributed by atoms with Crippen molar-refractivity contribution in [2.45, 2.75) is 18.9 Å². The van der Waals surface area contributed by atoms with Gasteiger partial charge < -0.3 is 16.0 Å². The van der Waals surface area contributed by atoms with Gasteiger partial charge in [0.05, 0.1) is 12.2 Å². The Bertz CT molecular complexity index is 1000. The standard InChI is InChI=1S/C21H18F3N3O3/c22-15-8-9-16(20(24)19(15)23)27-18(29)11-25-17(28)10-3-12-1-4-13(5-2-12)21(30)26-14-6-7-14/h1-5,8-10,14H,6-7,11H2,(H,25,28)(H,26,30)(H,27,29)/b10-3+. The molecule has 30 heavy (non-hydrogen) atoms. The molecule has 0 bridgehead atoms. The Kier molecular flexibility index (Phi) is 6.51. The fraction of sp³-hybridized carbons (Fsp3) is 0.190. The Labute approximate surface area is 170 Å². The summed E-state index contributed by atoms with van der Waals surface area (Å²) in [4.78, 5) is 35.5. The van der Waals surface area contributed by atoms with Crippen LogP contribution in [0.4, 0.5) is 18.9 Å². The van der Waals surface area contributed by atoms with E-state index in [0.29, 0.717) is 17.2 Å². The molecule has 9 heteroatoms. The first-order valence-electron chi connectivity index (χ1n) is 9.13. The first-order chi connectivity index (χ1) is 14.3. The van der Waals surface area contributed by atoms with Crippen LogP contribution in [0.3, 0.4) is 0 Å². The maximum absolute atomic E-state index is 13.5. The predicted molar refractivity (Wildman–Crippen MR) is 104 cm³/mol. The highest BCUT2D eigenvalue weighted by Gasteiger charge is 2.23. The zero-order valence-corrected chi connectivity index (χ0v) is 15.7.